The van der Waals surface area contributed by atoms with E-state index in [0.29, 0.717) is 0 Å². The molecule has 9 aromatic rings. The smallest absolute Gasteiger partial charge is 0.0327 e. The maximum absolute atomic E-state index is 3.48. The van der Waals surface area contributed by atoms with Crippen molar-refractivity contribution in [2.45, 2.75) is 0 Å². The van der Waals surface area contributed by atoms with Crippen LogP contribution in [0.4, 0.5) is 0 Å². The SMILES string of the molecule is C(#Cc1ccccc1-c1ccc2c(-c3ccc4ccccc4c3)c3ccccc3c(-c3ccc4ccccc4c3)c2c1)c1ccccc1. The predicted octanol–water partition coefficient (Wildman–Crippen LogP) is 12.7. The Labute approximate surface area is 280 Å². The van der Waals surface area contributed by atoms with Crippen LogP contribution in [-0.2, 0) is 0 Å². The highest BCUT2D eigenvalue weighted by atomic mass is 14.2. The van der Waals surface area contributed by atoms with Gasteiger partial charge < -0.3 is 0 Å². The molecule has 0 heteroatoms. The minimum atomic E-state index is 1.01. The summed E-state index contributed by atoms with van der Waals surface area (Å²) in [5, 5.41) is 9.95. The lowest BCUT2D eigenvalue weighted by Gasteiger charge is -2.19. The van der Waals surface area contributed by atoms with Crippen LogP contribution in [0.5, 0.6) is 0 Å². The van der Waals surface area contributed by atoms with Crippen LogP contribution >= 0.6 is 0 Å². The third kappa shape index (κ3) is 4.91. The van der Waals surface area contributed by atoms with Crippen LogP contribution in [0.3, 0.4) is 0 Å². The van der Waals surface area contributed by atoms with Gasteiger partial charge in [0.1, 0.15) is 0 Å². The van der Waals surface area contributed by atoms with Crippen molar-refractivity contribution in [3.63, 3.8) is 0 Å². The van der Waals surface area contributed by atoms with E-state index < -0.39 is 0 Å². The van der Waals surface area contributed by atoms with Crippen LogP contribution in [0.15, 0.2) is 182 Å². The zero-order valence-electron chi connectivity index (χ0n) is 26.3. The summed E-state index contributed by atoms with van der Waals surface area (Å²) in [6, 6.07) is 65.6. The first-order valence-electron chi connectivity index (χ1n) is 16.4. The minimum Gasteiger partial charge on any atom is -0.0622 e. The Morgan fingerprint density at radius 2 is 0.792 bits per heavy atom. The molecule has 0 spiro atoms. The first-order chi connectivity index (χ1) is 23.8. The van der Waals surface area contributed by atoms with Gasteiger partial charge in [-0.15, -0.1) is 0 Å². The number of rotatable bonds is 3. The molecule has 0 aliphatic rings. The monoisotopic (exact) mass is 606 g/mol. The minimum absolute atomic E-state index is 1.01. The molecule has 0 aliphatic heterocycles. The molecule has 0 unspecified atom stereocenters. The fourth-order valence-corrected chi connectivity index (χ4v) is 7.16. The lowest BCUT2D eigenvalue weighted by atomic mass is 9.84. The second-order valence-corrected chi connectivity index (χ2v) is 12.3. The molecule has 0 saturated carbocycles. The van der Waals surface area contributed by atoms with Gasteiger partial charge in [0.2, 0.25) is 0 Å². The van der Waals surface area contributed by atoms with E-state index in [-0.39, 0.29) is 0 Å². The normalized spacial score (nSPS) is 11.2. The molecule has 0 saturated heterocycles. The van der Waals surface area contributed by atoms with E-state index >= 15 is 0 Å². The Balaban J connectivity index is 1.35. The molecule has 0 nitrogen and oxygen atoms in total. The molecule has 0 aromatic heterocycles. The van der Waals surface area contributed by atoms with E-state index in [9.17, 15) is 0 Å². The van der Waals surface area contributed by atoms with E-state index in [4.69, 9.17) is 0 Å². The van der Waals surface area contributed by atoms with Gasteiger partial charge in [0, 0.05) is 11.1 Å². The summed E-state index contributed by atoms with van der Waals surface area (Å²) in [6.07, 6.45) is 0. The van der Waals surface area contributed by atoms with Gasteiger partial charge in [-0.3, -0.25) is 0 Å². The number of hydrogen-bond acceptors (Lipinski definition) is 0. The quantitative estimate of drug-likeness (QED) is 0.139. The van der Waals surface area contributed by atoms with Gasteiger partial charge in [0.25, 0.3) is 0 Å². The first-order valence-corrected chi connectivity index (χ1v) is 16.4. The van der Waals surface area contributed by atoms with Crippen molar-refractivity contribution < 1.29 is 0 Å². The molecule has 48 heavy (non-hydrogen) atoms. The van der Waals surface area contributed by atoms with Crippen molar-refractivity contribution in [3.05, 3.63) is 193 Å². The molecule has 222 valence electrons. The summed E-state index contributed by atoms with van der Waals surface area (Å²) >= 11 is 0. The lowest BCUT2D eigenvalue weighted by Crippen LogP contribution is -1.93. The summed E-state index contributed by atoms with van der Waals surface area (Å²) in [4.78, 5) is 0. The molecule has 0 fully saturated rings. The second kappa shape index (κ2) is 11.7. The molecule has 0 atom stereocenters. The molecular weight excluding hydrogens is 577 g/mol. The second-order valence-electron chi connectivity index (χ2n) is 12.3. The third-order valence-corrected chi connectivity index (χ3v) is 9.45. The van der Waals surface area contributed by atoms with Crippen molar-refractivity contribution in [2.75, 3.05) is 0 Å². The van der Waals surface area contributed by atoms with Gasteiger partial charge in [-0.25, -0.2) is 0 Å². The Morgan fingerprint density at radius 3 is 1.46 bits per heavy atom. The van der Waals surface area contributed by atoms with Crippen LogP contribution in [0.1, 0.15) is 11.1 Å². The Morgan fingerprint density at radius 1 is 0.292 bits per heavy atom. The fourth-order valence-electron chi connectivity index (χ4n) is 7.16. The zero-order valence-corrected chi connectivity index (χ0v) is 26.3. The molecular formula is C48H30. The van der Waals surface area contributed by atoms with Crippen LogP contribution in [-0.4, -0.2) is 0 Å². The Bertz CT molecular complexity index is 2720. The molecule has 0 N–H and O–H groups in total. The predicted molar refractivity (Wildman–Crippen MR) is 205 cm³/mol. The molecule has 9 aromatic carbocycles. The summed E-state index contributed by atoms with van der Waals surface area (Å²) in [5.74, 6) is 6.86. The van der Waals surface area contributed by atoms with Crippen molar-refractivity contribution >= 4 is 43.1 Å². The molecule has 0 heterocycles. The van der Waals surface area contributed by atoms with E-state index in [0.717, 1.165) is 22.3 Å². The first kappa shape index (κ1) is 27.9. The third-order valence-electron chi connectivity index (χ3n) is 9.45. The van der Waals surface area contributed by atoms with Crippen LogP contribution in [0, 0.1) is 11.8 Å². The fraction of sp³-hybridized carbons (Fsp3) is 0. The highest BCUT2D eigenvalue weighted by molar-refractivity contribution is 6.22. The standard InChI is InChI=1S/C48H30/c1-2-12-33(13-3-1)22-23-36-16-8-9-19-42(36)39-28-29-45-46(32-39)48(41-27-25-35-15-5-7-18-38(35)31-41)44-21-11-10-20-43(44)47(45)40-26-24-34-14-4-6-17-37(34)30-40/h1-21,24-32H. The highest BCUT2D eigenvalue weighted by Crippen LogP contribution is 2.45. The van der Waals surface area contributed by atoms with Gasteiger partial charge in [-0.2, -0.15) is 0 Å². The van der Waals surface area contributed by atoms with E-state index in [2.05, 4.69) is 176 Å². The Kier molecular flexibility index (Phi) is 6.81. The number of benzene rings is 9. The molecule has 0 radical (unpaired) electrons. The van der Waals surface area contributed by atoms with Crippen LogP contribution in [0.25, 0.3) is 76.5 Å². The van der Waals surface area contributed by atoms with Crippen molar-refractivity contribution in [1.29, 1.82) is 0 Å². The maximum atomic E-state index is 3.48. The summed E-state index contributed by atoms with van der Waals surface area (Å²) in [7, 11) is 0. The van der Waals surface area contributed by atoms with E-state index in [1.807, 2.05) is 18.2 Å². The van der Waals surface area contributed by atoms with Crippen LogP contribution < -0.4 is 0 Å². The van der Waals surface area contributed by atoms with Crippen molar-refractivity contribution in [1.82, 2.24) is 0 Å². The number of fused-ring (bicyclic) bond motifs is 4. The van der Waals surface area contributed by atoms with Gasteiger partial charge in [0.15, 0.2) is 0 Å². The van der Waals surface area contributed by atoms with Crippen LogP contribution in [0.2, 0.25) is 0 Å². The van der Waals surface area contributed by atoms with Crippen molar-refractivity contribution in [3.8, 4) is 45.2 Å². The summed E-state index contributed by atoms with van der Waals surface area (Å²) in [6.45, 7) is 0. The molecule has 9 rings (SSSR count). The van der Waals surface area contributed by atoms with E-state index in [1.165, 1.54) is 65.3 Å². The van der Waals surface area contributed by atoms with Gasteiger partial charge in [0.05, 0.1) is 0 Å². The molecule has 0 aliphatic carbocycles. The van der Waals surface area contributed by atoms with E-state index in [1.54, 1.807) is 0 Å². The van der Waals surface area contributed by atoms with Gasteiger partial charge >= 0.3 is 0 Å². The van der Waals surface area contributed by atoms with Gasteiger partial charge in [-0.1, -0.05) is 157 Å². The average molecular weight is 607 g/mol. The Hall–Kier alpha value is -6.42. The molecule has 0 bridgehead atoms. The highest BCUT2D eigenvalue weighted by Gasteiger charge is 2.18. The molecule has 0 amide bonds. The lowest BCUT2D eigenvalue weighted by molar-refractivity contribution is 1.59. The van der Waals surface area contributed by atoms with Crippen molar-refractivity contribution in [2.24, 2.45) is 0 Å². The maximum Gasteiger partial charge on any atom is 0.0327 e. The summed E-state index contributed by atoms with van der Waals surface area (Å²) < 4.78 is 0. The average Bonchev–Trinajstić information content (AvgIpc) is 3.16. The zero-order chi connectivity index (χ0) is 31.9. The van der Waals surface area contributed by atoms with Gasteiger partial charge in [-0.05, 0) is 113 Å². The number of hydrogen-bond donors (Lipinski definition) is 0. The topological polar surface area (TPSA) is 0 Å². The summed E-state index contributed by atoms with van der Waals surface area (Å²) in [5.41, 5.74) is 9.27. The largest absolute Gasteiger partial charge is 0.0622 e.